The van der Waals surface area contributed by atoms with Gasteiger partial charge in [0, 0.05) is 31.0 Å². The van der Waals surface area contributed by atoms with Gasteiger partial charge in [0.2, 0.25) is 0 Å². The molecule has 3 aromatic rings. The monoisotopic (exact) mass is 475 g/mol. The fraction of sp³-hybridized carbons (Fsp3) is 0.296. The molecule has 1 atom stereocenters. The number of ketones is 1. The summed E-state index contributed by atoms with van der Waals surface area (Å²) in [5.41, 5.74) is 1.24. The maximum absolute atomic E-state index is 13.2. The third-order valence-electron chi connectivity index (χ3n) is 5.95. The summed E-state index contributed by atoms with van der Waals surface area (Å²) in [6.07, 6.45) is 6.78. The van der Waals surface area contributed by atoms with Crippen molar-refractivity contribution in [2.24, 2.45) is 0 Å². The van der Waals surface area contributed by atoms with E-state index in [0.29, 0.717) is 43.2 Å². The number of aliphatic hydroxyl groups is 1. The molecule has 35 heavy (non-hydrogen) atoms. The van der Waals surface area contributed by atoms with Crippen LogP contribution in [0.25, 0.3) is 5.76 Å². The van der Waals surface area contributed by atoms with Crippen molar-refractivity contribution in [3.8, 4) is 11.5 Å². The fourth-order valence-electron chi connectivity index (χ4n) is 4.17. The van der Waals surface area contributed by atoms with Crippen LogP contribution in [0.15, 0.2) is 72.8 Å². The number of benzene rings is 2. The van der Waals surface area contributed by atoms with Crippen molar-refractivity contribution < 1.29 is 24.2 Å². The number of ether oxygens (including phenoxy) is 2. The zero-order valence-electron chi connectivity index (χ0n) is 19.9. The number of carbonyl (C=O) groups excluding carboxylic acids is 2. The molecule has 1 N–H and O–H groups in total. The highest BCUT2D eigenvalue weighted by Gasteiger charge is 2.45. The lowest BCUT2D eigenvalue weighted by atomic mass is 9.95. The maximum atomic E-state index is 13.2. The summed E-state index contributed by atoms with van der Waals surface area (Å²) in [6.45, 7) is 3.63. The van der Waals surface area contributed by atoms with E-state index >= 15 is 0 Å². The Labute approximate surface area is 204 Å². The lowest BCUT2D eigenvalue weighted by Gasteiger charge is -2.25. The SMILES string of the molecule is CCCOc1ccc(C2/C(=C(\O)c3ccc(OC)cc3)C(=O)C(=O)N2CCCn2ccnc2)cc1. The Balaban J connectivity index is 1.69. The molecule has 0 saturated carbocycles. The first kappa shape index (κ1) is 24.1. The smallest absolute Gasteiger partial charge is 0.295 e. The molecule has 0 radical (unpaired) electrons. The third kappa shape index (κ3) is 5.21. The molecule has 4 rings (SSSR count). The average molecular weight is 476 g/mol. The van der Waals surface area contributed by atoms with E-state index in [9.17, 15) is 14.7 Å². The molecule has 1 amide bonds. The summed E-state index contributed by atoms with van der Waals surface area (Å²) in [6, 6.07) is 13.3. The van der Waals surface area contributed by atoms with Gasteiger partial charge in [-0.3, -0.25) is 9.59 Å². The number of hydrogen-bond donors (Lipinski definition) is 1. The van der Waals surface area contributed by atoms with Gasteiger partial charge >= 0.3 is 0 Å². The standard InChI is InChI=1S/C27H29N3O5/c1-3-17-35-22-11-5-19(6-12-22)24-23(25(31)20-7-9-21(34-2)10-8-20)26(32)27(33)30(24)15-4-14-29-16-13-28-18-29/h5-13,16,18,24,31H,3-4,14-15,17H2,1-2H3/b25-23+. The number of nitrogens with zero attached hydrogens (tertiary/aromatic N) is 3. The number of amides is 1. The van der Waals surface area contributed by atoms with Crippen LogP contribution >= 0.6 is 0 Å². The van der Waals surface area contributed by atoms with E-state index in [1.54, 1.807) is 43.9 Å². The molecule has 8 nitrogen and oxygen atoms in total. The Morgan fingerprint density at radius 1 is 1.03 bits per heavy atom. The van der Waals surface area contributed by atoms with Crippen LogP contribution < -0.4 is 9.47 Å². The van der Waals surface area contributed by atoms with Crippen molar-refractivity contribution in [1.82, 2.24) is 14.5 Å². The number of likely N-dealkylation sites (tertiary alicyclic amines) is 1. The zero-order chi connectivity index (χ0) is 24.8. The Morgan fingerprint density at radius 3 is 2.37 bits per heavy atom. The second kappa shape index (κ2) is 10.9. The Kier molecular flexibility index (Phi) is 7.50. The largest absolute Gasteiger partial charge is 0.507 e. The minimum Gasteiger partial charge on any atom is -0.507 e. The van der Waals surface area contributed by atoms with Gasteiger partial charge in [-0.15, -0.1) is 0 Å². The van der Waals surface area contributed by atoms with Crippen LogP contribution in [0.4, 0.5) is 0 Å². The number of aromatic nitrogens is 2. The van der Waals surface area contributed by atoms with Crippen molar-refractivity contribution in [3.63, 3.8) is 0 Å². The predicted molar refractivity (Wildman–Crippen MR) is 131 cm³/mol. The number of methoxy groups -OCH3 is 1. The first-order valence-corrected chi connectivity index (χ1v) is 11.6. The van der Waals surface area contributed by atoms with Crippen LogP contribution in [0.5, 0.6) is 11.5 Å². The molecule has 1 unspecified atom stereocenters. The quantitative estimate of drug-likeness (QED) is 0.268. The number of aliphatic hydroxyl groups excluding tert-OH is 1. The highest BCUT2D eigenvalue weighted by atomic mass is 16.5. The van der Waals surface area contributed by atoms with Crippen molar-refractivity contribution in [2.45, 2.75) is 32.4 Å². The molecule has 182 valence electrons. The Hall–Kier alpha value is -4.07. The van der Waals surface area contributed by atoms with Gasteiger partial charge in [0.25, 0.3) is 11.7 Å². The topological polar surface area (TPSA) is 93.9 Å². The molecule has 8 heteroatoms. The molecule has 1 aromatic heterocycles. The van der Waals surface area contributed by atoms with Crippen molar-refractivity contribution in [3.05, 3.63) is 84.0 Å². The highest BCUT2D eigenvalue weighted by Crippen LogP contribution is 2.40. The van der Waals surface area contributed by atoms with Crippen LogP contribution in [-0.4, -0.2) is 51.5 Å². The van der Waals surface area contributed by atoms with Gasteiger partial charge < -0.3 is 24.0 Å². The summed E-state index contributed by atoms with van der Waals surface area (Å²) in [5.74, 6) is -0.192. The van der Waals surface area contributed by atoms with Gasteiger partial charge in [-0.05, 0) is 54.8 Å². The molecule has 2 heterocycles. The lowest BCUT2D eigenvalue weighted by Crippen LogP contribution is -2.31. The van der Waals surface area contributed by atoms with Gasteiger partial charge in [-0.25, -0.2) is 4.98 Å². The number of hydrogen-bond acceptors (Lipinski definition) is 6. The maximum Gasteiger partial charge on any atom is 0.295 e. The number of aryl methyl sites for hydroxylation is 1. The molecule has 0 aliphatic carbocycles. The van der Waals surface area contributed by atoms with Crippen LogP contribution in [0.1, 0.15) is 36.9 Å². The zero-order valence-corrected chi connectivity index (χ0v) is 19.9. The van der Waals surface area contributed by atoms with Crippen LogP contribution in [0.2, 0.25) is 0 Å². The summed E-state index contributed by atoms with van der Waals surface area (Å²) in [7, 11) is 1.55. The molecule has 1 aliphatic rings. The molecular weight excluding hydrogens is 446 g/mol. The normalized spacial score (nSPS) is 17.1. The van der Waals surface area contributed by atoms with E-state index in [-0.39, 0.29) is 11.3 Å². The number of Topliss-reactive ketones (excluding diaryl/α,β-unsaturated/α-hetero) is 1. The van der Waals surface area contributed by atoms with E-state index in [1.807, 2.05) is 42.0 Å². The second-order valence-corrected chi connectivity index (χ2v) is 8.29. The number of rotatable bonds is 10. The summed E-state index contributed by atoms with van der Waals surface area (Å²) >= 11 is 0. The fourth-order valence-corrected chi connectivity index (χ4v) is 4.17. The van der Waals surface area contributed by atoms with Crippen molar-refractivity contribution >= 4 is 17.4 Å². The van der Waals surface area contributed by atoms with E-state index in [0.717, 1.165) is 12.0 Å². The van der Waals surface area contributed by atoms with Gasteiger partial charge in [0.1, 0.15) is 17.3 Å². The molecule has 1 fully saturated rings. The minimum atomic E-state index is -0.708. The molecule has 0 spiro atoms. The first-order chi connectivity index (χ1) is 17.0. The molecule has 1 saturated heterocycles. The molecule has 1 aliphatic heterocycles. The first-order valence-electron chi connectivity index (χ1n) is 11.6. The van der Waals surface area contributed by atoms with Gasteiger partial charge in [-0.1, -0.05) is 19.1 Å². The Morgan fingerprint density at radius 2 is 1.74 bits per heavy atom. The number of carbonyl (C=O) groups is 2. The van der Waals surface area contributed by atoms with Gasteiger partial charge in [-0.2, -0.15) is 0 Å². The van der Waals surface area contributed by atoms with E-state index < -0.39 is 17.7 Å². The predicted octanol–water partition coefficient (Wildman–Crippen LogP) is 4.19. The van der Waals surface area contributed by atoms with E-state index in [4.69, 9.17) is 9.47 Å². The molecule has 2 aromatic carbocycles. The number of imidazole rings is 1. The van der Waals surface area contributed by atoms with E-state index in [1.165, 1.54) is 4.90 Å². The summed E-state index contributed by atoms with van der Waals surface area (Å²) < 4.78 is 12.8. The van der Waals surface area contributed by atoms with E-state index in [2.05, 4.69) is 4.98 Å². The molecule has 0 bridgehead atoms. The van der Waals surface area contributed by atoms with Gasteiger partial charge in [0.05, 0.1) is 31.7 Å². The lowest BCUT2D eigenvalue weighted by molar-refractivity contribution is -0.139. The van der Waals surface area contributed by atoms with Crippen LogP contribution in [0, 0.1) is 0 Å². The van der Waals surface area contributed by atoms with Crippen LogP contribution in [-0.2, 0) is 16.1 Å². The van der Waals surface area contributed by atoms with Crippen LogP contribution in [0.3, 0.4) is 0 Å². The van der Waals surface area contributed by atoms with Crippen molar-refractivity contribution in [2.75, 3.05) is 20.3 Å². The highest BCUT2D eigenvalue weighted by molar-refractivity contribution is 6.46. The average Bonchev–Trinajstić information content (AvgIpc) is 3.50. The molecular formula is C27H29N3O5. The van der Waals surface area contributed by atoms with Crippen molar-refractivity contribution in [1.29, 1.82) is 0 Å². The summed E-state index contributed by atoms with van der Waals surface area (Å²) in [4.78, 5) is 31.8. The second-order valence-electron chi connectivity index (χ2n) is 8.29. The third-order valence-corrected chi connectivity index (χ3v) is 5.95. The van der Waals surface area contributed by atoms with Gasteiger partial charge in [0.15, 0.2) is 0 Å². The Bertz CT molecular complexity index is 1180. The summed E-state index contributed by atoms with van der Waals surface area (Å²) in [5, 5.41) is 11.2. The minimum absolute atomic E-state index is 0.0741.